The van der Waals surface area contributed by atoms with Crippen molar-refractivity contribution < 1.29 is 4.79 Å². The number of carbonyl (C=O) groups excluding carboxylic acids is 1. The summed E-state index contributed by atoms with van der Waals surface area (Å²) in [5.74, 6) is 0.446. The minimum Gasteiger partial charge on any atom is -0.354 e. The Balaban J connectivity index is 1.26. The molecule has 0 saturated heterocycles. The van der Waals surface area contributed by atoms with E-state index in [0.29, 0.717) is 23.6 Å². The van der Waals surface area contributed by atoms with Crippen molar-refractivity contribution in [1.82, 2.24) is 24.0 Å². The third-order valence-corrected chi connectivity index (χ3v) is 7.49. The third kappa shape index (κ3) is 2.91. The topological polar surface area (TPSA) is 90.9 Å². The molecular formula is C26H25N5O3. The number of hydrogen-bond acceptors (Lipinski definition) is 4. The molecule has 2 heterocycles. The first-order valence-electron chi connectivity index (χ1n) is 11.5. The summed E-state index contributed by atoms with van der Waals surface area (Å²) in [6, 6.07) is 17.2. The highest BCUT2D eigenvalue weighted by atomic mass is 16.2. The normalized spacial score (nSPS) is 20.2. The number of carbonyl (C=O) groups is 1. The molecule has 7 rings (SSSR count). The van der Waals surface area contributed by atoms with Crippen molar-refractivity contribution in [3.05, 3.63) is 98.0 Å². The minimum atomic E-state index is -0.550. The number of aromatic nitrogens is 4. The molecule has 0 radical (unpaired) electrons. The first-order valence-corrected chi connectivity index (χ1v) is 11.5. The van der Waals surface area contributed by atoms with Crippen LogP contribution in [-0.2, 0) is 25.4 Å². The highest BCUT2D eigenvalue weighted by Gasteiger charge is 2.42. The van der Waals surface area contributed by atoms with Gasteiger partial charge in [-0.25, -0.2) is 14.3 Å². The van der Waals surface area contributed by atoms with Crippen LogP contribution in [-0.4, -0.2) is 31.1 Å². The lowest BCUT2D eigenvalue weighted by Gasteiger charge is -2.45. The summed E-state index contributed by atoms with van der Waals surface area (Å²) >= 11 is 0. The molecule has 1 unspecified atom stereocenters. The molecular weight excluding hydrogens is 430 g/mol. The van der Waals surface area contributed by atoms with Crippen LogP contribution in [0.2, 0.25) is 0 Å². The zero-order valence-electron chi connectivity index (χ0n) is 19.1. The van der Waals surface area contributed by atoms with Crippen LogP contribution in [0.4, 0.5) is 0 Å². The zero-order chi connectivity index (χ0) is 23.6. The molecule has 34 heavy (non-hydrogen) atoms. The van der Waals surface area contributed by atoms with Crippen molar-refractivity contribution in [3.8, 4) is 0 Å². The van der Waals surface area contributed by atoms with E-state index in [1.165, 1.54) is 33.1 Å². The number of amides is 1. The second kappa shape index (κ2) is 7.55. The number of nitrogens with one attached hydrogen (secondary N) is 1. The predicted molar refractivity (Wildman–Crippen MR) is 128 cm³/mol. The molecule has 1 amide bonds. The van der Waals surface area contributed by atoms with Gasteiger partial charge in [-0.3, -0.25) is 14.2 Å². The van der Waals surface area contributed by atoms with E-state index in [4.69, 9.17) is 0 Å². The molecule has 2 aromatic heterocycles. The van der Waals surface area contributed by atoms with Crippen molar-refractivity contribution in [2.24, 2.45) is 20.0 Å². The number of benzene rings is 2. The van der Waals surface area contributed by atoms with Gasteiger partial charge in [-0.15, -0.1) is 0 Å². The molecule has 0 aliphatic heterocycles. The van der Waals surface area contributed by atoms with Gasteiger partial charge in [0.25, 0.3) is 5.56 Å². The Labute approximate surface area is 195 Å². The summed E-state index contributed by atoms with van der Waals surface area (Å²) < 4.78 is 3.86. The molecule has 172 valence electrons. The molecule has 0 fully saturated rings. The van der Waals surface area contributed by atoms with Crippen LogP contribution in [0.25, 0.3) is 11.2 Å². The van der Waals surface area contributed by atoms with Crippen LogP contribution in [0, 0.1) is 5.92 Å². The molecule has 3 aliphatic carbocycles. The van der Waals surface area contributed by atoms with Crippen LogP contribution < -0.4 is 16.6 Å². The van der Waals surface area contributed by atoms with Gasteiger partial charge in [-0.2, -0.15) is 0 Å². The Morgan fingerprint density at radius 1 is 1.00 bits per heavy atom. The van der Waals surface area contributed by atoms with Crippen LogP contribution in [0.15, 0.2) is 64.4 Å². The SMILES string of the molecule is Cn1cnc2c1c(=O)n(CC(=O)NCC1CC3c4ccccc4C1c1ccccc13)c(=O)n2C. The van der Waals surface area contributed by atoms with Crippen LogP contribution in [0.1, 0.15) is 40.5 Å². The molecule has 2 bridgehead atoms. The first kappa shape index (κ1) is 20.7. The van der Waals surface area contributed by atoms with Gasteiger partial charge in [0.2, 0.25) is 5.91 Å². The van der Waals surface area contributed by atoms with E-state index < -0.39 is 11.2 Å². The predicted octanol–water partition coefficient (Wildman–Crippen LogP) is 1.85. The van der Waals surface area contributed by atoms with Gasteiger partial charge in [0.05, 0.1) is 6.33 Å². The van der Waals surface area contributed by atoms with Gasteiger partial charge in [0.15, 0.2) is 11.2 Å². The maximum Gasteiger partial charge on any atom is 0.332 e. The smallest absolute Gasteiger partial charge is 0.332 e. The van der Waals surface area contributed by atoms with Gasteiger partial charge < -0.3 is 9.88 Å². The van der Waals surface area contributed by atoms with Gasteiger partial charge >= 0.3 is 5.69 Å². The number of nitrogens with zero attached hydrogens (tertiary/aromatic N) is 4. The van der Waals surface area contributed by atoms with Gasteiger partial charge in [-0.05, 0) is 34.6 Å². The van der Waals surface area contributed by atoms with Crippen molar-refractivity contribution in [2.75, 3.05) is 6.54 Å². The number of fused-ring (bicyclic) bond motifs is 2. The number of imidazole rings is 1. The first-order chi connectivity index (χ1) is 16.5. The largest absolute Gasteiger partial charge is 0.354 e. The third-order valence-electron chi connectivity index (χ3n) is 7.49. The average Bonchev–Trinajstić information content (AvgIpc) is 3.26. The highest BCUT2D eigenvalue weighted by Crippen LogP contribution is 2.55. The molecule has 8 nitrogen and oxygen atoms in total. The Kier molecular flexibility index (Phi) is 4.58. The Bertz CT molecular complexity index is 1530. The molecule has 1 atom stereocenters. The molecule has 4 aromatic rings. The van der Waals surface area contributed by atoms with Crippen molar-refractivity contribution in [1.29, 1.82) is 0 Å². The summed E-state index contributed by atoms with van der Waals surface area (Å²) in [4.78, 5) is 42.7. The summed E-state index contributed by atoms with van der Waals surface area (Å²) in [5.41, 5.74) is 4.99. The van der Waals surface area contributed by atoms with Gasteiger partial charge in [-0.1, -0.05) is 48.5 Å². The fourth-order valence-corrected chi connectivity index (χ4v) is 5.94. The van der Waals surface area contributed by atoms with E-state index >= 15 is 0 Å². The molecule has 2 aromatic carbocycles. The lowest BCUT2D eigenvalue weighted by atomic mass is 9.59. The van der Waals surface area contributed by atoms with E-state index in [2.05, 4.69) is 58.8 Å². The number of rotatable bonds is 4. The van der Waals surface area contributed by atoms with E-state index in [-0.39, 0.29) is 24.3 Å². The monoisotopic (exact) mass is 455 g/mol. The minimum absolute atomic E-state index is 0.221. The Hall–Kier alpha value is -3.94. The molecule has 3 aliphatic rings. The summed E-state index contributed by atoms with van der Waals surface area (Å²) in [7, 11) is 3.25. The van der Waals surface area contributed by atoms with Crippen LogP contribution in [0.5, 0.6) is 0 Å². The Morgan fingerprint density at radius 3 is 2.26 bits per heavy atom. The second-order valence-corrected chi connectivity index (χ2v) is 9.35. The molecule has 0 saturated carbocycles. The maximum atomic E-state index is 12.9. The lowest BCUT2D eigenvalue weighted by molar-refractivity contribution is -0.122. The quantitative estimate of drug-likeness (QED) is 0.509. The van der Waals surface area contributed by atoms with Gasteiger partial charge in [0, 0.05) is 32.5 Å². The fourth-order valence-electron chi connectivity index (χ4n) is 5.94. The van der Waals surface area contributed by atoms with Crippen molar-refractivity contribution >= 4 is 17.1 Å². The fraction of sp³-hybridized carbons (Fsp3) is 0.308. The summed E-state index contributed by atoms with van der Waals surface area (Å²) in [6.45, 7) is 0.173. The number of aryl methyl sites for hydroxylation is 2. The van der Waals surface area contributed by atoms with E-state index in [1.807, 2.05) is 0 Å². The van der Waals surface area contributed by atoms with E-state index in [9.17, 15) is 14.4 Å². The van der Waals surface area contributed by atoms with Crippen molar-refractivity contribution in [3.63, 3.8) is 0 Å². The summed E-state index contributed by atoms with van der Waals surface area (Å²) in [5, 5.41) is 3.01. The average molecular weight is 456 g/mol. The lowest BCUT2D eigenvalue weighted by Crippen LogP contribution is -2.45. The maximum absolute atomic E-state index is 12.9. The van der Waals surface area contributed by atoms with E-state index in [1.54, 1.807) is 18.7 Å². The highest BCUT2D eigenvalue weighted by molar-refractivity contribution is 5.76. The van der Waals surface area contributed by atoms with E-state index in [0.717, 1.165) is 11.0 Å². The Morgan fingerprint density at radius 2 is 1.62 bits per heavy atom. The van der Waals surface area contributed by atoms with Gasteiger partial charge in [0.1, 0.15) is 6.54 Å². The second-order valence-electron chi connectivity index (χ2n) is 9.35. The molecule has 0 spiro atoms. The van der Waals surface area contributed by atoms with Crippen LogP contribution >= 0.6 is 0 Å². The molecule has 8 heteroatoms. The molecule has 1 N–H and O–H groups in total. The zero-order valence-corrected chi connectivity index (χ0v) is 19.1. The summed E-state index contributed by atoms with van der Waals surface area (Å²) in [6.07, 6.45) is 2.45. The van der Waals surface area contributed by atoms with Crippen LogP contribution in [0.3, 0.4) is 0 Å². The standard InChI is InChI=1S/C26H25N5O3/c1-29-14-28-24-23(29)25(33)31(26(34)30(24)2)13-21(32)27-12-15-11-20-16-7-3-5-9-18(16)22(15)19-10-6-4-8-17(19)20/h3-10,14-15,20,22H,11-13H2,1-2H3,(H,27,32). The number of hydrogen-bond donors (Lipinski definition) is 1. The van der Waals surface area contributed by atoms with Crippen molar-refractivity contribution in [2.45, 2.75) is 24.8 Å².